The largest absolute Gasteiger partial charge is 0.490 e. The molecule has 51 heavy (non-hydrogen) atoms. The number of aromatic nitrogens is 8. The van der Waals surface area contributed by atoms with Crippen LogP contribution in [0.1, 0.15) is 12.5 Å². The Kier molecular flexibility index (Phi) is 9.96. The quantitative estimate of drug-likeness (QED) is 0.0485. The van der Waals surface area contributed by atoms with Crippen molar-refractivity contribution in [1.29, 1.82) is 0 Å². The van der Waals surface area contributed by atoms with E-state index in [-0.39, 0.29) is 34.1 Å². The molecule has 6 rings (SSSR count). The van der Waals surface area contributed by atoms with Crippen molar-refractivity contribution in [3.63, 3.8) is 0 Å². The minimum atomic E-state index is -5.97. The highest BCUT2D eigenvalue weighted by molar-refractivity contribution is 7.66. The van der Waals surface area contributed by atoms with E-state index in [0.717, 1.165) is 6.33 Å². The zero-order chi connectivity index (χ0) is 37.2. The van der Waals surface area contributed by atoms with E-state index < -0.39 is 91.3 Å². The summed E-state index contributed by atoms with van der Waals surface area (Å²) in [6, 6.07) is 0. The van der Waals surface area contributed by atoms with Crippen LogP contribution < -0.4 is 21.6 Å². The van der Waals surface area contributed by atoms with E-state index in [9.17, 15) is 53.6 Å². The van der Waals surface area contributed by atoms with Crippen LogP contribution in [0.15, 0.2) is 23.8 Å². The highest BCUT2D eigenvalue weighted by atomic mass is 31.3. The van der Waals surface area contributed by atoms with E-state index >= 15 is 0 Å². The number of nitrogens with zero attached hydrogens (tertiary/aromatic N) is 7. The minimum Gasteiger partial charge on any atom is -0.387 e. The number of hydrogen-bond donors (Lipinski definition) is 10. The third kappa shape index (κ3) is 7.47. The van der Waals surface area contributed by atoms with Gasteiger partial charge in [-0.25, -0.2) is 38.2 Å². The number of nitrogen functional groups attached to an aromatic ring is 2. The fraction of sp³-hybridized carbons (Fsp3) is 0.524. The number of ether oxygens (including phenoxy) is 2. The molecule has 0 radical (unpaired) electrons. The molecule has 0 bridgehead atoms. The van der Waals surface area contributed by atoms with Crippen LogP contribution >= 0.6 is 23.5 Å². The van der Waals surface area contributed by atoms with Gasteiger partial charge in [0, 0.05) is 0 Å². The number of H-pyrrole nitrogens is 1. The van der Waals surface area contributed by atoms with Crippen molar-refractivity contribution in [3.05, 3.63) is 29.3 Å². The number of phosphoric ester groups is 2. The molecular formula is C21H30N10O17P3+. The molecule has 27 nitrogen and oxygen atoms in total. The van der Waals surface area contributed by atoms with Crippen LogP contribution in [0.5, 0.6) is 0 Å². The molecule has 2 fully saturated rings. The van der Waals surface area contributed by atoms with Crippen molar-refractivity contribution in [2.45, 2.75) is 49.1 Å². The van der Waals surface area contributed by atoms with Gasteiger partial charge in [-0.2, -0.15) is 13.6 Å². The summed E-state index contributed by atoms with van der Waals surface area (Å²) >= 11 is 0. The minimum absolute atomic E-state index is 0.00963. The zero-order valence-corrected chi connectivity index (χ0v) is 28.3. The Balaban J connectivity index is 1.04. The van der Waals surface area contributed by atoms with Gasteiger partial charge in [0.15, 0.2) is 24.0 Å². The van der Waals surface area contributed by atoms with Crippen LogP contribution in [0.25, 0.3) is 22.3 Å². The molecule has 0 amide bonds. The normalized spacial score (nSPS) is 30.4. The lowest BCUT2D eigenvalue weighted by atomic mass is 10.1. The van der Waals surface area contributed by atoms with Crippen molar-refractivity contribution in [1.82, 2.24) is 34.1 Å². The van der Waals surface area contributed by atoms with Gasteiger partial charge in [0.25, 0.3) is 11.6 Å². The topological polar surface area (TPSA) is 398 Å². The van der Waals surface area contributed by atoms with E-state index in [4.69, 9.17) is 20.9 Å². The summed E-state index contributed by atoms with van der Waals surface area (Å²) in [5.41, 5.74) is 10.9. The molecule has 11 atom stereocenters. The van der Waals surface area contributed by atoms with Crippen molar-refractivity contribution in [2.75, 3.05) is 24.7 Å². The molecular weight excluding hydrogens is 757 g/mol. The molecule has 2 aliphatic rings. The van der Waals surface area contributed by atoms with Gasteiger partial charge in [0.1, 0.15) is 48.5 Å². The second-order valence-corrected chi connectivity index (χ2v) is 15.7. The number of phosphoric acid groups is 3. The molecule has 2 saturated heterocycles. The number of nitrogens with one attached hydrogen (secondary N) is 1. The molecule has 0 unspecified atom stereocenters. The predicted molar refractivity (Wildman–Crippen MR) is 161 cm³/mol. The average Bonchev–Trinajstić information content (AvgIpc) is 3.74. The van der Waals surface area contributed by atoms with Crippen molar-refractivity contribution in [3.8, 4) is 0 Å². The number of aryl methyl sites for hydroxylation is 1. The maximum atomic E-state index is 12.5. The lowest BCUT2D eigenvalue weighted by Crippen LogP contribution is -2.46. The Morgan fingerprint density at radius 3 is 2.16 bits per heavy atom. The SMILES string of the molecule is Cn1c[n+]([C@@H]2O[C@H](CO[P@@](=O)(O)O[P@@](=O)(O)O[P@@](=O)(O)OC[C@H]3O[C@@H](n4cnc5c(N)ncnc54)[C@H](O)[C@@H]3O)[C@@H](O)[C@H]2O)c2[nH]c(N)nc(=O)c21. The predicted octanol–water partition coefficient (Wildman–Crippen LogP) is -3.84. The van der Waals surface area contributed by atoms with Crippen molar-refractivity contribution in [2.24, 2.45) is 7.05 Å². The van der Waals surface area contributed by atoms with E-state index in [2.05, 4.69) is 42.6 Å². The van der Waals surface area contributed by atoms with E-state index in [1.165, 1.54) is 33.4 Å². The Morgan fingerprint density at radius 2 is 1.51 bits per heavy atom. The monoisotopic (exact) mass is 787 g/mol. The Bertz CT molecular complexity index is 2160. The maximum Gasteiger partial charge on any atom is 0.490 e. The Hall–Kier alpha value is -3.33. The zero-order valence-electron chi connectivity index (χ0n) is 25.6. The number of aromatic amines is 1. The number of nitrogens with two attached hydrogens (primary N) is 2. The maximum absolute atomic E-state index is 12.5. The number of hydrogen-bond acceptors (Lipinski definition) is 20. The highest BCUT2D eigenvalue weighted by Crippen LogP contribution is 2.67. The van der Waals surface area contributed by atoms with Gasteiger partial charge in [0.2, 0.25) is 11.7 Å². The van der Waals surface area contributed by atoms with Gasteiger partial charge in [-0.3, -0.25) is 23.0 Å². The standard InChI is InChI=1S/C21H29N10O17P3/c1-29-6-31(17-10(29)18(36)28-21(23)27-17)20-14(35)12(33)8(46-20)3-44-50(39,40)48-51(41,42)47-49(37,38)43-2-7-11(32)13(34)19(45-7)30-5-26-9-15(22)24-4-25-16(9)30/h4-8,11-14,19-20,32-35H,2-3H2,1H3,(H7-,22,23,24,25,27,28,36,37,38,39,40,41,42)/p+1/t7-,8-,11-,12-,13-,14-,19-,20-/m1/s1. The number of fused-ring (bicyclic) bond motifs is 2. The lowest BCUT2D eigenvalue weighted by Gasteiger charge is -2.21. The van der Waals surface area contributed by atoms with E-state index in [0.29, 0.717) is 0 Å². The summed E-state index contributed by atoms with van der Waals surface area (Å²) < 4.78 is 69.4. The van der Waals surface area contributed by atoms with E-state index in [1.54, 1.807) is 0 Å². The molecule has 4 aromatic rings. The van der Waals surface area contributed by atoms with Crippen LogP contribution in [-0.4, -0.2) is 119 Å². The molecule has 4 aromatic heterocycles. The molecule has 0 saturated carbocycles. The van der Waals surface area contributed by atoms with Gasteiger partial charge < -0.3 is 56.0 Å². The van der Waals surface area contributed by atoms with E-state index in [1.807, 2.05) is 0 Å². The van der Waals surface area contributed by atoms with Crippen LogP contribution in [0.2, 0.25) is 0 Å². The third-order valence-corrected chi connectivity index (χ3v) is 11.9. The first-order valence-corrected chi connectivity index (χ1v) is 18.7. The summed E-state index contributed by atoms with van der Waals surface area (Å²) in [4.78, 5) is 60.2. The van der Waals surface area contributed by atoms with Crippen LogP contribution in [0.3, 0.4) is 0 Å². The second kappa shape index (κ2) is 13.6. The summed E-state index contributed by atoms with van der Waals surface area (Å²) in [5, 5.41) is 42.1. The number of aliphatic hydroxyl groups excluding tert-OH is 4. The highest BCUT2D eigenvalue weighted by Gasteiger charge is 2.50. The van der Waals surface area contributed by atoms with Crippen LogP contribution in [0.4, 0.5) is 11.8 Å². The second-order valence-electron chi connectivity index (χ2n) is 11.1. The number of anilines is 2. The third-order valence-electron chi connectivity index (χ3n) is 7.63. The number of aliphatic hydroxyl groups is 4. The average molecular weight is 787 g/mol. The van der Waals surface area contributed by atoms with Crippen LogP contribution in [0, 0.1) is 0 Å². The summed E-state index contributed by atoms with van der Waals surface area (Å²) in [5.74, 6) is -0.263. The van der Waals surface area contributed by atoms with Gasteiger partial charge in [-0.15, -0.1) is 0 Å². The lowest BCUT2D eigenvalue weighted by molar-refractivity contribution is -0.745. The smallest absolute Gasteiger partial charge is 0.387 e. The Labute approximate surface area is 282 Å². The van der Waals surface area contributed by atoms with Crippen molar-refractivity contribution < 1.29 is 80.5 Å². The summed E-state index contributed by atoms with van der Waals surface area (Å²) in [6.07, 6.45) is -9.27. The van der Waals surface area contributed by atoms with Crippen LogP contribution in [-0.2, 0) is 47.9 Å². The number of imidazole rings is 2. The Morgan fingerprint density at radius 1 is 0.902 bits per heavy atom. The molecule has 280 valence electrons. The molecule has 2 aliphatic heterocycles. The van der Waals surface area contributed by atoms with Crippen molar-refractivity contribution >= 4 is 57.6 Å². The summed E-state index contributed by atoms with van der Waals surface area (Å²) in [7, 11) is -15.8. The molecule has 0 aliphatic carbocycles. The first-order valence-electron chi connectivity index (χ1n) is 14.2. The first-order chi connectivity index (χ1) is 23.8. The fourth-order valence-corrected chi connectivity index (χ4v) is 8.90. The number of rotatable bonds is 12. The van der Waals surface area contributed by atoms with Gasteiger partial charge in [-0.1, -0.05) is 0 Å². The van der Waals surface area contributed by atoms with Gasteiger partial charge in [-0.05, 0) is 0 Å². The molecule has 6 heterocycles. The molecule has 30 heteroatoms. The first kappa shape index (κ1) is 37.4. The molecule has 0 aromatic carbocycles. The molecule has 0 spiro atoms. The molecule has 12 N–H and O–H groups in total. The van der Waals surface area contributed by atoms with Gasteiger partial charge in [0.05, 0.1) is 26.6 Å². The van der Waals surface area contributed by atoms with Gasteiger partial charge >= 0.3 is 29.0 Å². The summed E-state index contributed by atoms with van der Waals surface area (Å²) in [6.45, 7) is -2.10. The fourth-order valence-electron chi connectivity index (χ4n) is 5.38.